The lowest BCUT2D eigenvalue weighted by atomic mass is 9.80. The van der Waals surface area contributed by atoms with E-state index in [1.54, 1.807) is 6.08 Å². The average molecular weight is 329 g/mol. The van der Waals surface area contributed by atoms with Crippen LogP contribution < -0.4 is 0 Å². The van der Waals surface area contributed by atoms with E-state index >= 15 is 0 Å². The highest BCUT2D eigenvalue weighted by Gasteiger charge is 2.30. The first-order chi connectivity index (χ1) is 11.7. The summed E-state index contributed by atoms with van der Waals surface area (Å²) in [7, 11) is 0. The molecule has 0 aromatic heterocycles. The SMILES string of the molecule is CCC[C@H]1CC[C@H](C(=O)O[C@H]2CC[C@H](C=CC=CC#N)CC2)CC1. The standard InChI is InChI=1S/C21H31NO2/c1-2-6-17-8-12-19(13-9-17)21(23)24-20-14-10-18(11-15-20)7-4-3-5-16-22/h3-5,7,17-20H,2,6,8-15H2,1H3/t17-,18-,19-,20-. The molecule has 2 saturated carbocycles. The first-order valence-electron chi connectivity index (χ1n) is 9.66. The number of allylic oxidation sites excluding steroid dienone is 4. The molecule has 0 amide bonds. The van der Waals surface area contributed by atoms with Gasteiger partial charge in [-0.15, -0.1) is 0 Å². The molecular formula is C21H31NO2. The van der Waals surface area contributed by atoms with Crippen LogP contribution >= 0.6 is 0 Å². The van der Waals surface area contributed by atoms with Crippen LogP contribution in [0.5, 0.6) is 0 Å². The van der Waals surface area contributed by atoms with E-state index in [2.05, 4.69) is 13.0 Å². The zero-order valence-electron chi connectivity index (χ0n) is 15.0. The molecule has 0 spiro atoms. The van der Waals surface area contributed by atoms with Crippen molar-refractivity contribution in [3.8, 4) is 6.07 Å². The second-order valence-corrected chi connectivity index (χ2v) is 7.35. The lowest BCUT2D eigenvalue weighted by Crippen LogP contribution is -2.29. The second kappa shape index (κ2) is 10.3. The number of hydrogen-bond donors (Lipinski definition) is 0. The van der Waals surface area contributed by atoms with Crippen LogP contribution in [0.15, 0.2) is 24.3 Å². The van der Waals surface area contributed by atoms with Crippen LogP contribution in [0, 0.1) is 29.1 Å². The molecule has 3 heteroatoms. The van der Waals surface area contributed by atoms with Gasteiger partial charge >= 0.3 is 5.97 Å². The van der Waals surface area contributed by atoms with Gasteiger partial charge in [-0.2, -0.15) is 5.26 Å². The number of carbonyl (C=O) groups is 1. The molecule has 0 aromatic rings. The summed E-state index contributed by atoms with van der Waals surface area (Å²) >= 11 is 0. The summed E-state index contributed by atoms with van der Waals surface area (Å²) in [5, 5.41) is 8.45. The van der Waals surface area contributed by atoms with Gasteiger partial charge < -0.3 is 4.74 Å². The van der Waals surface area contributed by atoms with Crippen molar-refractivity contribution in [2.75, 3.05) is 0 Å². The van der Waals surface area contributed by atoms with Crippen LogP contribution in [0.25, 0.3) is 0 Å². The highest BCUT2D eigenvalue weighted by Crippen LogP contribution is 2.33. The summed E-state index contributed by atoms with van der Waals surface area (Å²) in [6, 6.07) is 1.99. The topological polar surface area (TPSA) is 50.1 Å². The molecule has 0 aromatic carbocycles. The van der Waals surface area contributed by atoms with Crippen molar-refractivity contribution in [3.63, 3.8) is 0 Å². The lowest BCUT2D eigenvalue weighted by Gasteiger charge is -2.31. The van der Waals surface area contributed by atoms with Crippen molar-refractivity contribution in [2.24, 2.45) is 17.8 Å². The van der Waals surface area contributed by atoms with Crippen LogP contribution in [0.3, 0.4) is 0 Å². The molecule has 2 aliphatic rings. The van der Waals surface area contributed by atoms with E-state index in [0.29, 0.717) is 5.92 Å². The largest absolute Gasteiger partial charge is 0.462 e. The Balaban J connectivity index is 1.66. The number of esters is 1. The highest BCUT2D eigenvalue weighted by molar-refractivity contribution is 5.72. The van der Waals surface area contributed by atoms with Gasteiger partial charge in [-0.1, -0.05) is 38.0 Å². The van der Waals surface area contributed by atoms with Gasteiger partial charge in [0.1, 0.15) is 6.10 Å². The van der Waals surface area contributed by atoms with Crippen LogP contribution in [0.4, 0.5) is 0 Å². The van der Waals surface area contributed by atoms with E-state index in [1.165, 1.54) is 31.8 Å². The summed E-state index contributed by atoms with van der Waals surface area (Å²) in [5.74, 6) is 1.58. The van der Waals surface area contributed by atoms with Gasteiger partial charge in [0, 0.05) is 6.08 Å². The van der Waals surface area contributed by atoms with Gasteiger partial charge in [0.25, 0.3) is 0 Å². The van der Waals surface area contributed by atoms with Crippen molar-refractivity contribution in [1.82, 2.24) is 0 Å². The van der Waals surface area contributed by atoms with Crippen molar-refractivity contribution >= 4 is 5.97 Å². The lowest BCUT2D eigenvalue weighted by molar-refractivity contribution is -0.157. The molecule has 0 saturated heterocycles. The number of nitrogens with zero attached hydrogens (tertiary/aromatic N) is 1. The van der Waals surface area contributed by atoms with Crippen molar-refractivity contribution in [1.29, 1.82) is 5.26 Å². The van der Waals surface area contributed by atoms with Gasteiger partial charge in [0.05, 0.1) is 12.0 Å². The molecule has 0 radical (unpaired) electrons. The Kier molecular flexibility index (Phi) is 8.08. The fourth-order valence-corrected chi connectivity index (χ4v) is 4.07. The maximum atomic E-state index is 12.4. The maximum Gasteiger partial charge on any atom is 0.309 e. The number of ether oxygens (including phenoxy) is 1. The number of rotatable bonds is 6. The van der Waals surface area contributed by atoms with Crippen molar-refractivity contribution < 1.29 is 9.53 Å². The van der Waals surface area contributed by atoms with Crippen LogP contribution in [-0.4, -0.2) is 12.1 Å². The molecule has 24 heavy (non-hydrogen) atoms. The first-order valence-corrected chi connectivity index (χ1v) is 9.66. The molecule has 2 aliphatic carbocycles. The van der Waals surface area contributed by atoms with E-state index in [-0.39, 0.29) is 18.0 Å². The van der Waals surface area contributed by atoms with E-state index < -0.39 is 0 Å². The van der Waals surface area contributed by atoms with Gasteiger partial charge in [-0.05, 0) is 63.2 Å². The van der Waals surface area contributed by atoms with E-state index in [0.717, 1.165) is 44.4 Å². The third-order valence-corrected chi connectivity index (χ3v) is 5.54. The van der Waals surface area contributed by atoms with E-state index in [9.17, 15) is 4.79 Å². The molecule has 0 unspecified atom stereocenters. The van der Waals surface area contributed by atoms with E-state index in [4.69, 9.17) is 10.00 Å². The molecule has 132 valence electrons. The van der Waals surface area contributed by atoms with Gasteiger partial charge in [0.15, 0.2) is 0 Å². The molecule has 2 rings (SSSR count). The minimum Gasteiger partial charge on any atom is -0.462 e. The van der Waals surface area contributed by atoms with Crippen LogP contribution in [-0.2, 0) is 9.53 Å². The van der Waals surface area contributed by atoms with Crippen molar-refractivity contribution in [2.45, 2.75) is 77.2 Å². The zero-order chi connectivity index (χ0) is 17.2. The Bertz CT molecular complexity index is 473. The summed E-state index contributed by atoms with van der Waals surface area (Å²) in [6.07, 6.45) is 18.6. The Hall–Kier alpha value is -1.56. The normalized spacial score (nSPS) is 31.2. The molecular weight excluding hydrogens is 298 g/mol. The Morgan fingerprint density at radius 3 is 2.42 bits per heavy atom. The monoisotopic (exact) mass is 329 g/mol. The van der Waals surface area contributed by atoms with Crippen LogP contribution in [0.1, 0.15) is 71.1 Å². The molecule has 0 bridgehead atoms. The van der Waals surface area contributed by atoms with Gasteiger partial charge in [0.2, 0.25) is 0 Å². The predicted octanol–water partition coefficient (Wildman–Crippen LogP) is 5.33. The predicted molar refractivity (Wildman–Crippen MR) is 96.1 cm³/mol. The Morgan fingerprint density at radius 2 is 1.79 bits per heavy atom. The number of nitriles is 1. The summed E-state index contributed by atoms with van der Waals surface area (Å²) in [6.45, 7) is 2.24. The third-order valence-electron chi connectivity index (χ3n) is 5.54. The fourth-order valence-electron chi connectivity index (χ4n) is 4.07. The quantitative estimate of drug-likeness (QED) is 0.376. The second-order valence-electron chi connectivity index (χ2n) is 7.35. The summed E-state index contributed by atoms with van der Waals surface area (Å²) in [5.41, 5.74) is 0. The Morgan fingerprint density at radius 1 is 1.08 bits per heavy atom. The third kappa shape index (κ3) is 6.15. The summed E-state index contributed by atoms with van der Waals surface area (Å²) < 4.78 is 5.80. The average Bonchev–Trinajstić information content (AvgIpc) is 2.61. The van der Waals surface area contributed by atoms with Crippen LogP contribution in [0.2, 0.25) is 0 Å². The minimum atomic E-state index is 0.0564. The molecule has 0 N–H and O–H groups in total. The molecule has 0 aliphatic heterocycles. The van der Waals surface area contributed by atoms with Gasteiger partial charge in [-0.3, -0.25) is 4.79 Å². The smallest absolute Gasteiger partial charge is 0.309 e. The fraction of sp³-hybridized carbons (Fsp3) is 0.714. The zero-order valence-corrected chi connectivity index (χ0v) is 15.0. The van der Waals surface area contributed by atoms with E-state index in [1.807, 2.05) is 12.1 Å². The molecule has 0 heterocycles. The minimum absolute atomic E-state index is 0.0564. The first kappa shape index (κ1) is 18.8. The number of carbonyl (C=O) groups excluding carboxylic acids is 1. The Labute approximate surface area is 146 Å². The maximum absolute atomic E-state index is 12.4. The molecule has 2 fully saturated rings. The van der Waals surface area contributed by atoms with Gasteiger partial charge in [-0.25, -0.2) is 0 Å². The summed E-state index contributed by atoms with van der Waals surface area (Å²) in [4.78, 5) is 12.4. The highest BCUT2D eigenvalue weighted by atomic mass is 16.5. The molecule has 3 nitrogen and oxygen atoms in total. The van der Waals surface area contributed by atoms with Crippen molar-refractivity contribution in [3.05, 3.63) is 24.3 Å². The number of hydrogen-bond acceptors (Lipinski definition) is 3. The molecule has 0 atom stereocenters.